The second-order valence-electron chi connectivity index (χ2n) is 5.30. The monoisotopic (exact) mass is 339 g/mol. The van der Waals surface area contributed by atoms with Crippen LogP contribution in [0, 0.1) is 0 Å². The fourth-order valence-electron chi connectivity index (χ4n) is 2.28. The Bertz CT molecular complexity index is 497. The third-order valence-electron chi connectivity index (χ3n) is 3.39. The van der Waals surface area contributed by atoms with Crippen LogP contribution in [-0.4, -0.2) is 41.3 Å². The van der Waals surface area contributed by atoms with E-state index >= 15 is 0 Å². The Morgan fingerprint density at radius 2 is 1.70 bits per heavy atom. The molecule has 130 valence electrons. The summed E-state index contributed by atoms with van der Waals surface area (Å²) in [5.41, 5.74) is -0.230. The number of hydrogen-bond acceptors (Lipinski definition) is 4. The van der Waals surface area contributed by atoms with Gasteiger partial charge in [-0.25, -0.2) is 4.79 Å². The summed E-state index contributed by atoms with van der Waals surface area (Å²) in [6.07, 6.45) is -6.24. The van der Waals surface area contributed by atoms with E-state index in [0.29, 0.717) is 12.8 Å². The third kappa shape index (κ3) is 5.04. The highest BCUT2D eigenvalue weighted by Crippen LogP contribution is 2.28. The number of ether oxygens (including phenoxy) is 1. The number of nitrogens with zero attached hydrogens (tertiary/aromatic N) is 1. The Balaban J connectivity index is 2.98. The Hall–Kier alpha value is -1.93. The fourth-order valence-corrected chi connectivity index (χ4v) is 2.28. The molecule has 0 spiro atoms. The lowest BCUT2D eigenvalue weighted by atomic mass is 9.94. The van der Waals surface area contributed by atoms with Gasteiger partial charge < -0.3 is 4.74 Å². The van der Waals surface area contributed by atoms with Gasteiger partial charge >= 0.3 is 30.3 Å². The second-order valence-corrected chi connectivity index (χ2v) is 5.30. The molecule has 0 saturated heterocycles. The maximum absolute atomic E-state index is 13.8. The van der Waals surface area contributed by atoms with Crippen LogP contribution in [0.3, 0.4) is 0 Å². The van der Waals surface area contributed by atoms with Gasteiger partial charge in [0.15, 0.2) is 0 Å². The number of esters is 1. The molecule has 0 N–H and O–H groups in total. The van der Waals surface area contributed by atoms with Crippen LogP contribution < -0.4 is 0 Å². The fraction of sp³-hybridized carbons (Fsp3) is 0.643. The molecular formula is C14H17F4NO4. The van der Waals surface area contributed by atoms with Crippen molar-refractivity contribution in [2.75, 3.05) is 0 Å². The number of alkyl halides is 4. The van der Waals surface area contributed by atoms with E-state index in [9.17, 15) is 31.9 Å². The van der Waals surface area contributed by atoms with Gasteiger partial charge in [0.1, 0.15) is 0 Å². The standard InChI is InChI=1S/C14H17F4NO4/c1-8(2)12(21)23-10(15)11(20)19(13(22)14(16,17)18)9-6-4-3-5-7-9/h9-10H,1,3-7H2,2H3. The van der Waals surface area contributed by atoms with E-state index in [-0.39, 0.29) is 23.3 Å². The van der Waals surface area contributed by atoms with Crippen molar-refractivity contribution in [2.45, 2.75) is 57.6 Å². The van der Waals surface area contributed by atoms with Crippen LogP contribution in [0.2, 0.25) is 0 Å². The molecule has 0 aromatic rings. The number of carbonyl (C=O) groups excluding carboxylic acids is 3. The van der Waals surface area contributed by atoms with Crippen LogP contribution in [-0.2, 0) is 19.1 Å². The highest BCUT2D eigenvalue weighted by molar-refractivity contribution is 6.00. The van der Waals surface area contributed by atoms with Gasteiger partial charge in [-0.3, -0.25) is 14.5 Å². The summed E-state index contributed by atoms with van der Waals surface area (Å²) in [6.45, 7) is 4.34. The van der Waals surface area contributed by atoms with Gasteiger partial charge in [-0.2, -0.15) is 17.6 Å². The average molecular weight is 339 g/mol. The Morgan fingerprint density at radius 3 is 2.13 bits per heavy atom. The summed E-state index contributed by atoms with van der Waals surface area (Å²) >= 11 is 0. The predicted octanol–water partition coefficient (Wildman–Crippen LogP) is 2.65. The molecule has 1 aliphatic rings. The molecule has 1 saturated carbocycles. The van der Waals surface area contributed by atoms with Gasteiger partial charge in [0.05, 0.1) is 0 Å². The second kappa shape index (κ2) is 7.56. The highest BCUT2D eigenvalue weighted by Gasteiger charge is 2.49. The van der Waals surface area contributed by atoms with Crippen LogP contribution >= 0.6 is 0 Å². The zero-order chi connectivity index (χ0) is 17.8. The Morgan fingerprint density at radius 1 is 1.17 bits per heavy atom. The molecule has 1 fully saturated rings. The first-order valence-corrected chi connectivity index (χ1v) is 7.00. The normalized spacial score (nSPS) is 17.3. The lowest BCUT2D eigenvalue weighted by Crippen LogP contribution is -2.54. The van der Waals surface area contributed by atoms with Crippen molar-refractivity contribution in [1.29, 1.82) is 0 Å². The van der Waals surface area contributed by atoms with Crippen molar-refractivity contribution in [3.05, 3.63) is 12.2 Å². The molecular weight excluding hydrogens is 322 g/mol. The average Bonchev–Trinajstić information content (AvgIpc) is 2.47. The molecule has 0 aromatic heterocycles. The first-order valence-electron chi connectivity index (χ1n) is 7.00. The van der Waals surface area contributed by atoms with Crippen LogP contribution in [0.5, 0.6) is 0 Å². The molecule has 0 aromatic carbocycles. The minimum atomic E-state index is -5.33. The van der Waals surface area contributed by atoms with Gasteiger partial charge in [-0.05, 0) is 19.8 Å². The van der Waals surface area contributed by atoms with Gasteiger partial charge in [0.25, 0.3) is 0 Å². The number of rotatable bonds is 4. The molecule has 1 atom stereocenters. The van der Waals surface area contributed by atoms with E-state index in [2.05, 4.69) is 11.3 Å². The molecule has 0 aliphatic heterocycles. The van der Waals surface area contributed by atoms with Crippen molar-refractivity contribution >= 4 is 17.8 Å². The largest absolute Gasteiger partial charge is 0.471 e. The minimum absolute atomic E-state index is 0.148. The van der Waals surface area contributed by atoms with Gasteiger partial charge in [-0.1, -0.05) is 25.8 Å². The minimum Gasteiger partial charge on any atom is -0.418 e. The lowest BCUT2D eigenvalue weighted by molar-refractivity contribution is -0.197. The SMILES string of the molecule is C=C(C)C(=O)OC(F)C(=O)N(C(=O)C(F)(F)F)C1CCCCC1. The van der Waals surface area contributed by atoms with E-state index in [4.69, 9.17) is 0 Å². The molecule has 9 heteroatoms. The third-order valence-corrected chi connectivity index (χ3v) is 3.39. The van der Waals surface area contributed by atoms with Crippen molar-refractivity contribution in [3.63, 3.8) is 0 Å². The number of imide groups is 1. The lowest BCUT2D eigenvalue weighted by Gasteiger charge is -2.33. The number of halogens is 4. The topological polar surface area (TPSA) is 63.7 Å². The van der Waals surface area contributed by atoms with Crippen LogP contribution in [0.15, 0.2) is 12.2 Å². The van der Waals surface area contributed by atoms with Crippen molar-refractivity contribution in [1.82, 2.24) is 4.90 Å². The number of amides is 2. The summed E-state index contributed by atoms with van der Waals surface area (Å²) in [5, 5.41) is 0. The van der Waals surface area contributed by atoms with E-state index in [1.807, 2.05) is 0 Å². The summed E-state index contributed by atoms with van der Waals surface area (Å²) in [5.74, 6) is -5.55. The zero-order valence-corrected chi connectivity index (χ0v) is 12.5. The molecule has 1 aliphatic carbocycles. The molecule has 0 bridgehead atoms. The maximum atomic E-state index is 13.8. The van der Waals surface area contributed by atoms with Crippen molar-refractivity contribution in [2.24, 2.45) is 0 Å². The van der Waals surface area contributed by atoms with E-state index < -0.39 is 36.4 Å². The molecule has 23 heavy (non-hydrogen) atoms. The predicted molar refractivity (Wildman–Crippen MR) is 70.6 cm³/mol. The number of carbonyl (C=O) groups is 3. The first kappa shape index (κ1) is 19.1. The smallest absolute Gasteiger partial charge is 0.418 e. The molecule has 5 nitrogen and oxygen atoms in total. The van der Waals surface area contributed by atoms with Gasteiger partial charge in [0.2, 0.25) is 0 Å². The molecule has 0 heterocycles. The summed E-state index contributed by atoms with van der Waals surface area (Å²) < 4.78 is 55.9. The zero-order valence-electron chi connectivity index (χ0n) is 12.5. The summed E-state index contributed by atoms with van der Waals surface area (Å²) in [6, 6.07) is -1.06. The quantitative estimate of drug-likeness (QED) is 0.449. The van der Waals surface area contributed by atoms with Crippen LogP contribution in [0.25, 0.3) is 0 Å². The maximum Gasteiger partial charge on any atom is 0.471 e. The van der Waals surface area contributed by atoms with E-state index in [1.54, 1.807) is 0 Å². The van der Waals surface area contributed by atoms with E-state index in [0.717, 1.165) is 6.42 Å². The Kier molecular flexibility index (Phi) is 6.28. The first-order chi connectivity index (χ1) is 10.6. The van der Waals surface area contributed by atoms with Crippen LogP contribution in [0.1, 0.15) is 39.0 Å². The van der Waals surface area contributed by atoms with Crippen LogP contribution in [0.4, 0.5) is 17.6 Å². The molecule has 1 unspecified atom stereocenters. The van der Waals surface area contributed by atoms with Gasteiger partial charge in [0, 0.05) is 11.6 Å². The summed E-state index contributed by atoms with van der Waals surface area (Å²) in [7, 11) is 0. The number of hydrogen-bond donors (Lipinski definition) is 0. The Labute approximate surface area is 130 Å². The van der Waals surface area contributed by atoms with E-state index in [1.165, 1.54) is 6.92 Å². The van der Waals surface area contributed by atoms with Crippen molar-refractivity contribution < 1.29 is 36.7 Å². The highest BCUT2D eigenvalue weighted by atomic mass is 19.4. The molecule has 2 amide bonds. The van der Waals surface area contributed by atoms with Crippen molar-refractivity contribution in [3.8, 4) is 0 Å². The molecule has 0 radical (unpaired) electrons. The molecule has 1 rings (SSSR count). The summed E-state index contributed by atoms with van der Waals surface area (Å²) in [4.78, 5) is 34.4. The van der Waals surface area contributed by atoms with Gasteiger partial charge in [-0.15, -0.1) is 0 Å².